The molecule has 0 saturated carbocycles. The van der Waals surface area contributed by atoms with Gasteiger partial charge in [0.2, 0.25) is 0 Å². The average molecular weight is 287 g/mol. The Hall–Kier alpha value is -2.20. The summed E-state index contributed by atoms with van der Waals surface area (Å²) in [4.78, 5) is 16.8. The highest BCUT2D eigenvalue weighted by Crippen LogP contribution is 2.29. The lowest BCUT2D eigenvalue weighted by Gasteiger charge is -2.35. The molecule has 2 atom stereocenters. The number of hydrogen-bond donors (Lipinski definition) is 1. The molecule has 0 amide bonds. The Morgan fingerprint density at radius 1 is 1.48 bits per heavy atom. The average Bonchev–Trinajstić information content (AvgIpc) is 2.95. The smallest absolute Gasteiger partial charge is 0.289 e. The molecule has 0 aliphatic carbocycles. The summed E-state index contributed by atoms with van der Waals surface area (Å²) in [6.45, 7) is 2.26. The van der Waals surface area contributed by atoms with Gasteiger partial charge in [0.15, 0.2) is 0 Å². The van der Waals surface area contributed by atoms with E-state index < -0.39 is 4.92 Å². The third-order valence-corrected chi connectivity index (χ3v) is 4.37. The Balaban J connectivity index is 1.73. The van der Waals surface area contributed by atoms with Crippen molar-refractivity contribution < 1.29 is 4.92 Å². The second-order valence-corrected chi connectivity index (χ2v) is 5.66. The number of rotatable bonds is 3. The molecule has 2 fully saturated rings. The van der Waals surface area contributed by atoms with Crippen LogP contribution >= 0.6 is 0 Å². The number of aromatic nitrogens is 1. The number of pyridine rings is 1. The number of nitriles is 1. The van der Waals surface area contributed by atoms with E-state index in [0.29, 0.717) is 11.9 Å². The Kier molecular flexibility index (Phi) is 3.71. The van der Waals surface area contributed by atoms with Crippen LogP contribution in [-0.2, 0) is 0 Å². The van der Waals surface area contributed by atoms with Gasteiger partial charge in [-0.1, -0.05) is 0 Å². The van der Waals surface area contributed by atoms with Gasteiger partial charge in [-0.15, -0.1) is 0 Å². The van der Waals surface area contributed by atoms with Crippen LogP contribution in [0.5, 0.6) is 0 Å². The zero-order chi connectivity index (χ0) is 14.8. The van der Waals surface area contributed by atoms with Gasteiger partial charge in [-0.2, -0.15) is 5.26 Å². The van der Waals surface area contributed by atoms with Crippen molar-refractivity contribution in [2.24, 2.45) is 0 Å². The monoisotopic (exact) mass is 287 g/mol. The van der Waals surface area contributed by atoms with E-state index in [9.17, 15) is 10.1 Å². The highest BCUT2D eigenvalue weighted by atomic mass is 16.6. The van der Waals surface area contributed by atoms with Gasteiger partial charge in [-0.3, -0.25) is 10.1 Å². The molecule has 2 saturated heterocycles. The molecular weight excluding hydrogens is 270 g/mol. The van der Waals surface area contributed by atoms with Gasteiger partial charge in [0.25, 0.3) is 5.69 Å². The maximum atomic E-state index is 10.7. The number of nitrogens with zero attached hydrogens (tertiary/aromatic N) is 4. The molecule has 0 radical (unpaired) electrons. The largest absolute Gasteiger partial charge is 0.366 e. The molecule has 7 nitrogen and oxygen atoms in total. The van der Waals surface area contributed by atoms with Gasteiger partial charge in [0.05, 0.1) is 4.92 Å². The molecule has 1 N–H and O–H groups in total. The van der Waals surface area contributed by atoms with E-state index in [4.69, 9.17) is 5.26 Å². The lowest BCUT2D eigenvalue weighted by molar-refractivity contribution is -0.385. The fourth-order valence-corrected chi connectivity index (χ4v) is 3.30. The van der Waals surface area contributed by atoms with E-state index in [1.807, 2.05) is 6.07 Å². The van der Waals surface area contributed by atoms with E-state index in [1.54, 1.807) is 0 Å². The second-order valence-electron chi connectivity index (χ2n) is 5.66. The van der Waals surface area contributed by atoms with Crippen molar-refractivity contribution in [3.05, 3.63) is 27.9 Å². The molecule has 2 aliphatic rings. The Morgan fingerprint density at radius 2 is 2.33 bits per heavy atom. The number of anilines is 1. The van der Waals surface area contributed by atoms with Gasteiger partial charge < -0.3 is 10.2 Å². The summed E-state index contributed by atoms with van der Waals surface area (Å²) >= 11 is 0. The molecular formula is C14H17N5O2. The fourth-order valence-electron chi connectivity index (χ4n) is 3.30. The maximum absolute atomic E-state index is 10.7. The van der Waals surface area contributed by atoms with Gasteiger partial charge in [0.1, 0.15) is 23.6 Å². The number of nitrogens with one attached hydrogen (secondary N) is 1. The Morgan fingerprint density at radius 3 is 3.10 bits per heavy atom. The molecule has 110 valence electrons. The SMILES string of the molecule is N#Cc1cc([N+](=O)[O-])cnc1NC1CCN2CCCC2C1. The van der Waals surface area contributed by atoms with Gasteiger partial charge in [-0.25, -0.2) is 4.98 Å². The topological polar surface area (TPSA) is 95.1 Å². The summed E-state index contributed by atoms with van der Waals surface area (Å²) in [5.41, 5.74) is 0.0840. The Bertz CT molecular complexity index is 598. The van der Waals surface area contributed by atoms with Crippen LogP contribution in [0.25, 0.3) is 0 Å². The van der Waals surface area contributed by atoms with Crippen LogP contribution in [0.4, 0.5) is 11.5 Å². The Labute approximate surface area is 122 Å². The summed E-state index contributed by atoms with van der Waals surface area (Å²) < 4.78 is 0. The minimum absolute atomic E-state index is 0.150. The van der Waals surface area contributed by atoms with Crippen LogP contribution in [0.3, 0.4) is 0 Å². The minimum atomic E-state index is -0.533. The van der Waals surface area contributed by atoms with Crippen molar-refractivity contribution in [1.82, 2.24) is 9.88 Å². The van der Waals surface area contributed by atoms with Crippen LogP contribution in [0.1, 0.15) is 31.2 Å². The predicted octanol–water partition coefficient (Wildman–Crippen LogP) is 1.90. The zero-order valence-corrected chi connectivity index (χ0v) is 11.7. The fraction of sp³-hybridized carbons (Fsp3) is 0.571. The predicted molar refractivity (Wildman–Crippen MR) is 76.8 cm³/mol. The quantitative estimate of drug-likeness (QED) is 0.674. The number of nitro groups is 1. The normalized spacial score (nSPS) is 25.1. The first-order valence-electron chi connectivity index (χ1n) is 7.22. The number of piperidine rings is 1. The third-order valence-electron chi connectivity index (χ3n) is 4.37. The van der Waals surface area contributed by atoms with Crippen molar-refractivity contribution in [1.29, 1.82) is 5.26 Å². The van der Waals surface area contributed by atoms with Crippen molar-refractivity contribution >= 4 is 11.5 Å². The summed E-state index contributed by atoms with van der Waals surface area (Å²) in [6.07, 6.45) is 5.75. The molecule has 21 heavy (non-hydrogen) atoms. The highest BCUT2D eigenvalue weighted by Gasteiger charge is 2.32. The first-order valence-corrected chi connectivity index (χ1v) is 7.22. The molecule has 3 heterocycles. The van der Waals surface area contributed by atoms with Crippen LogP contribution in [0.2, 0.25) is 0 Å². The van der Waals surface area contributed by atoms with Crippen LogP contribution in [0, 0.1) is 21.4 Å². The molecule has 7 heteroatoms. The molecule has 0 bridgehead atoms. The first-order chi connectivity index (χ1) is 10.2. The zero-order valence-electron chi connectivity index (χ0n) is 11.7. The van der Waals surface area contributed by atoms with E-state index in [1.165, 1.54) is 31.6 Å². The molecule has 2 unspecified atom stereocenters. The minimum Gasteiger partial charge on any atom is -0.366 e. The van der Waals surface area contributed by atoms with E-state index in [2.05, 4.69) is 15.2 Å². The highest BCUT2D eigenvalue weighted by molar-refractivity contribution is 5.56. The van der Waals surface area contributed by atoms with Crippen molar-refractivity contribution in [3.8, 4) is 6.07 Å². The van der Waals surface area contributed by atoms with Crippen LogP contribution in [-0.4, -0.2) is 40.0 Å². The van der Waals surface area contributed by atoms with Gasteiger partial charge in [0, 0.05) is 24.7 Å². The standard InChI is InChI=1S/C14H17N5O2/c15-8-10-6-13(19(20)21)9-16-14(10)17-11-3-5-18-4-1-2-12(18)7-11/h6,9,11-12H,1-5,7H2,(H,16,17). The van der Waals surface area contributed by atoms with Crippen molar-refractivity contribution in [2.45, 2.75) is 37.8 Å². The molecule has 2 aliphatic heterocycles. The third kappa shape index (κ3) is 2.81. The summed E-state index contributed by atoms with van der Waals surface area (Å²) in [7, 11) is 0. The van der Waals surface area contributed by atoms with Crippen molar-refractivity contribution in [3.63, 3.8) is 0 Å². The van der Waals surface area contributed by atoms with E-state index >= 15 is 0 Å². The summed E-state index contributed by atoms with van der Waals surface area (Å²) in [5.74, 6) is 0.458. The lowest BCUT2D eigenvalue weighted by atomic mass is 9.97. The van der Waals surface area contributed by atoms with E-state index in [-0.39, 0.29) is 17.3 Å². The van der Waals surface area contributed by atoms with Crippen molar-refractivity contribution in [2.75, 3.05) is 18.4 Å². The molecule has 0 aromatic carbocycles. The first kappa shape index (κ1) is 13.8. The van der Waals surface area contributed by atoms with Gasteiger partial charge >= 0.3 is 0 Å². The van der Waals surface area contributed by atoms with Crippen LogP contribution < -0.4 is 5.32 Å². The van der Waals surface area contributed by atoms with E-state index in [0.717, 1.165) is 19.4 Å². The lowest BCUT2D eigenvalue weighted by Crippen LogP contribution is -2.42. The second kappa shape index (κ2) is 5.66. The summed E-state index contributed by atoms with van der Waals surface area (Å²) in [5, 5.41) is 23.2. The maximum Gasteiger partial charge on any atom is 0.289 e. The molecule has 1 aromatic rings. The van der Waals surface area contributed by atoms with Crippen LogP contribution in [0.15, 0.2) is 12.3 Å². The molecule has 3 rings (SSSR count). The summed E-state index contributed by atoms with van der Waals surface area (Å²) in [6, 6.07) is 4.17. The number of hydrogen-bond acceptors (Lipinski definition) is 6. The number of fused-ring (bicyclic) bond motifs is 1. The molecule has 0 spiro atoms. The van der Waals surface area contributed by atoms with Gasteiger partial charge in [-0.05, 0) is 32.2 Å². The molecule has 1 aromatic heterocycles.